The second-order valence-corrected chi connectivity index (χ2v) is 8.96. The van der Waals surface area contributed by atoms with Crippen LogP contribution < -0.4 is 5.06 Å². The van der Waals surface area contributed by atoms with Crippen LogP contribution in [0.5, 0.6) is 0 Å². The van der Waals surface area contributed by atoms with E-state index in [1.165, 1.54) is 27.1 Å². The van der Waals surface area contributed by atoms with E-state index in [1.807, 2.05) is 35.4 Å². The van der Waals surface area contributed by atoms with Crippen molar-refractivity contribution in [1.82, 2.24) is 0 Å². The van der Waals surface area contributed by atoms with E-state index in [1.54, 1.807) is 12.1 Å². The van der Waals surface area contributed by atoms with Crippen LogP contribution in [0.2, 0.25) is 0 Å². The van der Waals surface area contributed by atoms with Gasteiger partial charge in [-0.25, -0.2) is 14.7 Å². The Bertz CT molecular complexity index is 1470. The predicted octanol–water partition coefficient (Wildman–Crippen LogP) is 7.37. The molecule has 0 aromatic heterocycles. The maximum atomic E-state index is 12.8. The van der Waals surface area contributed by atoms with Gasteiger partial charge in [0.2, 0.25) is 6.29 Å². The molecule has 172 valence electrons. The lowest BCUT2D eigenvalue weighted by Gasteiger charge is -2.27. The maximum absolute atomic E-state index is 12.8. The maximum Gasteiger partial charge on any atom is 0.340 e. The zero-order valence-corrected chi connectivity index (χ0v) is 19.4. The quantitative estimate of drug-likeness (QED) is 0.208. The summed E-state index contributed by atoms with van der Waals surface area (Å²) in [7, 11) is 0. The molecule has 0 radical (unpaired) electrons. The average molecular weight is 460 g/mol. The summed E-state index contributed by atoms with van der Waals surface area (Å²) in [5, 5.41) is 6.62. The molecule has 0 aliphatic carbocycles. The molecule has 5 aromatic carbocycles. The molecule has 4 nitrogen and oxygen atoms in total. The van der Waals surface area contributed by atoms with Gasteiger partial charge in [0.05, 0.1) is 17.3 Å². The van der Waals surface area contributed by atoms with E-state index in [4.69, 9.17) is 9.57 Å². The normalized spacial score (nSPS) is 17.7. The molecule has 0 spiro atoms. The molecule has 0 saturated carbocycles. The second-order valence-electron chi connectivity index (χ2n) is 8.96. The molecule has 1 aliphatic rings. The number of hydrogen-bond donors (Lipinski definition) is 0. The number of fused-ring (bicyclic) bond motifs is 2. The highest BCUT2D eigenvalue weighted by Crippen LogP contribution is 2.44. The minimum absolute atomic E-state index is 0.138. The van der Waals surface area contributed by atoms with Crippen molar-refractivity contribution in [2.24, 2.45) is 0 Å². The smallest absolute Gasteiger partial charge is 0.340 e. The molecule has 0 bridgehead atoms. The van der Waals surface area contributed by atoms with Crippen LogP contribution in [0.4, 0.5) is 5.69 Å². The first-order valence-corrected chi connectivity index (χ1v) is 11.9. The van der Waals surface area contributed by atoms with Crippen LogP contribution in [0, 0.1) is 6.92 Å². The van der Waals surface area contributed by atoms with Gasteiger partial charge in [-0.1, -0.05) is 78.9 Å². The number of esters is 1. The number of nitrogens with zero attached hydrogens (tertiary/aromatic N) is 1. The Balaban J connectivity index is 1.47. The molecule has 1 saturated heterocycles. The molecule has 6 rings (SSSR count). The van der Waals surface area contributed by atoms with Crippen molar-refractivity contribution >= 4 is 33.2 Å². The summed E-state index contributed by atoms with van der Waals surface area (Å²) >= 11 is 0. The molecule has 0 amide bonds. The highest BCUT2D eigenvalue weighted by Gasteiger charge is 2.39. The zero-order valence-electron chi connectivity index (χ0n) is 19.4. The Morgan fingerprint density at radius 2 is 1.46 bits per heavy atom. The van der Waals surface area contributed by atoms with Gasteiger partial charge < -0.3 is 4.74 Å². The number of aryl methyl sites for hydroxylation is 1. The summed E-state index contributed by atoms with van der Waals surface area (Å²) in [6.07, 6.45) is -0.184. The van der Waals surface area contributed by atoms with Crippen LogP contribution in [0.1, 0.15) is 33.9 Å². The van der Waals surface area contributed by atoms with E-state index in [0.29, 0.717) is 12.0 Å². The molecule has 1 aliphatic heterocycles. The number of carbonyl (C=O) groups is 1. The van der Waals surface area contributed by atoms with Gasteiger partial charge in [-0.05, 0) is 69.9 Å². The van der Waals surface area contributed by atoms with Gasteiger partial charge in [0.1, 0.15) is 0 Å². The van der Waals surface area contributed by atoms with Gasteiger partial charge in [0, 0.05) is 6.42 Å². The number of carbonyl (C=O) groups excluding carboxylic acids is 1. The third-order valence-electron chi connectivity index (χ3n) is 6.58. The standard InChI is InChI=1S/C31H25NO3/c1-21-10-9-15-25(18-21)32-28(20-29(35-32)34-31(33)22-11-3-2-4-12-22)30-26-16-7-5-13-23(26)19-24-14-6-8-17-27(24)30/h2-19,28-29H,20H2,1H3. The van der Waals surface area contributed by atoms with Gasteiger partial charge in [-0.15, -0.1) is 0 Å². The van der Waals surface area contributed by atoms with Crippen LogP contribution in [-0.4, -0.2) is 12.3 Å². The van der Waals surface area contributed by atoms with Crippen LogP contribution in [0.15, 0.2) is 109 Å². The van der Waals surface area contributed by atoms with Crippen LogP contribution >= 0.6 is 0 Å². The van der Waals surface area contributed by atoms with E-state index in [9.17, 15) is 4.79 Å². The lowest BCUT2D eigenvalue weighted by Crippen LogP contribution is -2.24. The Labute approximate surface area is 204 Å². The number of anilines is 1. The van der Waals surface area contributed by atoms with Gasteiger partial charge in [-0.2, -0.15) is 0 Å². The second kappa shape index (κ2) is 8.90. The van der Waals surface area contributed by atoms with E-state index in [2.05, 4.69) is 73.7 Å². The third-order valence-corrected chi connectivity index (χ3v) is 6.58. The SMILES string of the molecule is Cc1cccc(N2OC(OC(=O)c3ccccc3)CC2c2c3ccccc3cc3ccccc23)c1. The molecule has 4 heteroatoms. The van der Waals surface area contributed by atoms with Crippen molar-refractivity contribution in [1.29, 1.82) is 0 Å². The number of ether oxygens (including phenoxy) is 1. The molecule has 2 atom stereocenters. The summed E-state index contributed by atoms with van der Waals surface area (Å²) in [5.74, 6) is -0.386. The van der Waals surface area contributed by atoms with Gasteiger partial charge >= 0.3 is 5.97 Å². The Hall–Kier alpha value is -4.15. The average Bonchev–Trinajstić information content (AvgIpc) is 3.31. The fourth-order valence-corrected chi connectivity index (χ4v) is 5.00. The van der Waals surface area contributed by atoms with E-state index in [0.717, 1.165) is 11.3 Å². The number of benzene rings is 5. The lowest BCUT2D eigenvalue weighted by atomic mass is 9.90. The van der Waals surface area contributed by atoms with Crippen molar-refractivity contribution in [2.75, 3.05) is 5.06 Å². The first-order chi connectivity index (χ1) is 17.2. The molecule has 0 N–H and O–H groups in total. The monoisotopic (exact) mass is 459 g/mol. The topological polar surface area (TPSA) is 38.8 Å². The Morgan fingerprint density at radius 3 is 2.14 bits per heavy atom. The molecular formula is C31H25NO3. The van der Waals surface area contributed by atoms with Crippen LogP contribution in [0.25, 0.3) is 21.5 Å². The highest BCUT2D eigenvalue weighted by molar-refractivity contribution is 6.03. The number of rotatable bonds is 4. The lowest BCUT2D eigenvalue weighted by molar-refractivity contribution is -0.0864. The van der Waals surface area contributed by atoms with E-state index in [-0.39, 0.29) is 12.0 Å². The molecule has 5 aromatic rings. The van der Waals surface area contributed by atoms with Crippen molar-refractivity contribution in [3.63, 3.8) is 0 Å². The minimum Gasteiger partial charge on any atom is -0.430 e. The Morgan fingerprint density at radius 1 is 0.800 bits per heavy atom. The summed E-state index contributed by atoms with van der Waals surface area (Å²) in [6.45, 7) is 2.06. The van der Waals surface area contributed by atoms with Crippen LogP contribution in [0.3, 0.4) is 0 Å². The largest absolute Gasteiger partial charge is 0.430 e. The molecule has 35 heavy (non-hydrogen) atoms. The summed E-state index contributed by atoms with van der Waals surface area (Å²) in [5.41, 5.74) is 3.76. The minimum atomic E-state index is -0.703. The highest BCUT2D eigenvalue weighted by atomic mass is 16.8. The Kier molecular flexibility index (Phi) is 5.44. The molecule has 2 unspecified atom stereocenters. The van der Waals surface area contributed by atoms with Gasteiger partial charge in [0.25, 0.3) is 0 Å². The predicted molar refractivity (Wildman–Crippen MR) is 139 cm³/mol. The molecular weight excluding hydrogens is 434 g/mol. The van der Waals surface area contributed by atoms with Gasteiger partial charge in [0.15, 0.2) is 0 Å². The zero-order chi connectivity index (χ0) is 23.8. The molecule has 1 heterocycles. The van der Waals surface area contributed by atoms with Crippen molar-refractivity contribution in [3.8, 4) is 0 Å². The van der Waals surface area contributed by atoms with E-state index >= 15 is 0 Å². The first kappa shape index (κ1) is 21.4. The number of hydroxylamine groups is 1. The molecule has 1 fully saturated rings. The summed E-state index contributed by atoms with van der Waals surface area (Å²) in [6, 6.07) is 36.2. The fraction of sp³-hybridized carbons (Fsp3) is 0.129. The fourth-order valence-electron chi connectivity index (χ4n) is 5.00. The van der Waals surface area contributed by atoms with Crippen molar-refractivity contribution < 1.29 is 14.4 Å². The third kappa shape index (κ3) is 4.02. The number of hydrogen-bond acceptors (Lipinski definition) is 4. The van der Waals surface area contributed by atoms with E-state index < -0.39 is 6.29 Å². The van der Waals surface area contributed by atoms with Gasteiger partial charge in [-0.3, -0.25) is 0 Å². The van der Waals surface area contributed by atoms with Crippen molar-refractivity contribution in [2.45, 2.75) is 25.7 Å². The van der Waals surface area contributed by atoms with Crippen molar-refractivity contribution in [3.05, 3.63) is 126 Å². The summed E-state index contributed by atoms with van der Waals surface area (Å²) < 4.78 is 5.85. The van der Waals surface area contributed by atoms with Crippen LogP contribution in [-0.2, 0) is 9.57 Å². The first-order valence-electron chi connectivity index (χ1n) is 11.9. The summed E-state index contributed by atoms with van der Waals surface area (Å²) in [4.78, 5) is 19.2.